The number of hydrogen-bond acceptors (Lipinski definition) is 5. The van der Waals surface area contributed by atoms with Crippen LogP contribution in [0, 0.1) is 12.7 Å². The minimum atomic E-state index is -0.423. The second-order valence-corrected chi connectivity index (χ2v) is 6.18. The number of aryl methyl sites for hydroxylation is 1. The number of pyridine rings is 1. The Morgan fingerprint density at radius 2 is 2.16 bits per heavy atom. The van der Waals surface area contributed by atoms with E-state index < -0.39 is 5.82 Å². The van der Waals surface area contributed by atoms with Gasteiger partial charge in [-0.15, -0.1) is 11.3 Å². The molecule has 0 unspecified atom stereocenters. The molecule has 0 aliphatic carbocycles. The molecule has 0 fully saturated rings. The molecule has 2 aromatic heterocycles. The smallest absolute Gasteiger partial charge is 0.267 e. The number of anilines is 1. The van der Waals surface area contributed by atoms with Crippen molar-refractivity contribution < 1.29 is 13.9 Å². The van der Waals surface area contributed by atoms with E-state index in [1.54, 1.807) is 20.0 Å². The summed E-state index contributed by atoms with van der Waals surface area (Å²) >= 11 is 1.26. The maximum Gasteiger partial charge on any atom is 0.267 e. The van der Waals surface area contributed by atoms with Gasteiger partial charge in [-0.1, -0.05) is 6.07 Å². The van der Waals surface area contributed by atoms with Crippen LogP contribution in [0.5, 0.6) is 5.75 Å². The van der Waals surface area contributed by atoms with Crippen LogP contribution in [0.2, 0.25) is 0 Å². The molecule has 1 amide bonds. The van der Waals surface area contributed by atoms with Gasteiger partial charge in [-0.3, -0.25) is 9.78 Å². The van der Waals surface area contributed by atoms with Crippen LogP contribution in [0.25, 0.3) is 10.7 Å². The molecule has 0 atom stereocenters. The maximum absolute atomic E-state index is 13.4. The van der Waals surface area contributed by atoms with Crippen molar-refractivity contribution >= 4 is 22.9 Å². The summed E-state index contributed by atoms with van der Waals surface area (Å²) in [4.78, 5) is 21.8. The number of halogens is 1. The fourth-order valence-corrected chi connectivity index (χ4v) is 3.20. The molecule has 0 saturated carbocycles. The molecular formula is C18H16FN3O2S. The lowest BCUT2D eigenvalue weighted by Gasteiger charge is -2.11. The standard InChI is InChI=1S/C18H16FN3O2S/c1-3-24-15-10-12(19)7-8-13(15)22-17(23)16-11(2)21-18(25-16)14-6-4-5-9-20-14/h4-10H,3H2,1-2H3,(H,22,23). The van der Waals surface area contributed by atoms with Gasteiger partial charge in [-0.2, -0.15) is 0 Å². The minimum absolute atomic E-state index is 0.294. The van der Waals surface area contributed by atoms with E-state index in [1.165, 1.54) is 29.5 Å². The Labute approximate surface area is 148 Å². The van der Waals surface area contributed by atoms with Crippen molar-refractivity contribution in [1.29, 1.82) is 0 Å². The molecule has 0 bridgehead atoms. The highest BCUT2D eigenvalue weighted by Crippen LogP contribution is 2.29. The Kier molecular flexibility index (Phi) is 5.04. The summed E-state index contributed by atoms with van der Waals surface area (Å²) in [6.45, 7) is 3.94. The molecule has 2 heterocycles. The molecule has 128 valence electrons. The molecule has 0 radical (unpaired) electrons. The predicted molar refractivity (Wildman–Crippen MR) is 95.6 cm³/mol. The number of aromatic nitrogens is 2. The summed E-state index contributed by atoms with van der Waals surface area (Å²) in [5.74, 6) is -0.444. The number of thiazole rings is 1. The van der Waals surface area contributed by atoms with Crippen LogP contribution in [0.15, 0.2) is 42.6 Å². The van der Waals surface area contributed by atoms with E-state index in [2.05, 4.69) is 15.3 Å². The fraction of sp³-hybridized carbons (Fsp3) is 0.167. The number of carbonyl (C=O) groups is 1. The van der Waals surface area contributed by atoms with Gasteiger partial charge in [-0.25, -0.2) is 9.37 Å². The molecule has 0 spiro atoms. The van der Waals surface area contributed by atoms with Crippen LogP contribution in [0.1, 0.15) is 22.3 Å². The van der Waals surface area contributed by atoms with Gasteiger partial charge < -0.3 is 10.1 Å². The van der Waals surface area contributed by atoms with Crippen molar-refractivity contribution in [3.05, 3.63) is 59.0 Å². The molecule has 1 N–H and O–H groups in total. The molecule has 5 nitrogen and oxygen atoms in total. The second kappa shape index (κ2) is 7.40. The first kappa shape index (κ1) is 17.0. The van der Waals surface area contributed by atoms with Crippen LogP contribution in [0.4, 0.5) is 10.1 Å². The Bertz CT molecular complexity index is 897. The van der Waals surface area contributed by atoms with Crippen LogP contribution in [0.3, 0.4) is 0 Å². The average Bonchev–Trinajstić information content (AvgIpc) is 3.00. The summed E-state index contributed by atoms with van der Waals surface area (Å²) in [6, 6.07) is 9.53. The largest absolute Gasteiger partial charge is 0.492 e. The summed E-state index contributed by atoms with van der Waals surface area (Å²) in [6.07, 6.45) is 1.68. The molecule has 3 aromatic rings. The van der Waals surface area contributed by atoms with E-state index in [0.717, 1.165) is 0 Å². The Morgan fingerprint density at radius 3 is 2.88 bits per heavy atom. The number of rotatable bonds is 5. The minimum Gasteiger partial charge on any atom is -0.492 e. The number of benzene rings is 1. The van der Waals surface area contributed by atoms with Gasteiger partial charge in [-0.05, 0) is 38.1 Å². The summed E-state index contributed by atoms with van der Waals surface area (Å²) in [7, 11) is 0. The third-order valence-corrected chi connectivity index (χ3v) is 4.56. The normalized spacial score (nSPS) is 10.5. The molecular weight excluding hydrogens is 341 g/mol. The van der Waals surface area contributed by atoms with Crippen LogP contribution < -0.4 is 10.1 Å². The second-order valence-electron chi connectivity index (χ2n) is 5.18. The number of carbonyl (C=O) groups excluding carboxylic acids is 1. The number of amides is 1. The van der Waals surface area contributed by atoms with Gasteiger partial charge in [0.15, 0.2) is 0 Å². The Balaban J connectivity index is 1.86. The predicted octanol–water partition coefficient (Wildman–Crippen LogP) is 4.30. The van der Waals surface area contributed by atoms with Crippen molar-refractivity contribution in [2.75, 3.05) is 11.9 Å². The number of hydrogen-bond donors (Lipinski definition) is 1. The fourth-order valence-electron chi connectivity index (χ4n) is 2.26. The van der Waals surface area contributed by atoms with Gasteiger partial charge in [0.05, 0.1) is 23.7 Å². The highest BCUT2D eigenvalue weighted by Gasteiger charge is 2.18. The van der Waals surface area contributed by atoms with Gasteiger partial charge in [0.2, 0.25) is 0 Å². The highest BCUT2D eigenvalue weighted by atomic mass is 32.1. The van der Waals surface area contributed by atoms with E-state index in [-0.39, 0.29) is 5.91 Å². The zero-order valence-electron chi connectivity index (χ0n) is 13.7. The zero-order valence-corrected chi connectivity index (χ0v) is 14.6. The van der Waals surface area contributed by atoms with Crippen LogP contribution >= 0.6 is 11.3 Å². The quantitative estimate of drug-likeness (QED) is 0.739. The monoisotopic (exact) mass is 357 g/mol. The number of nitrogens with one attached hydrogen (secondary N) is 1. The lowest BCUT2D eigenvalue weighted by atomic mass is 10.2. The first-order valence-corrected chi connectivity index (χ1v) is 8.52. The molecule has 1 aromatic carbocycles. The summed E-state index contributed by atoms with van der Waals surface area (Å²) in [5.41, 5.74) is 1.75. The van der Waals surface area contributed by atoms with E-state index in [4.69, 9.17) is 4.74 Å². The van der Waals surface area contributed by atoms with Crippen molar-refractivity contribution in [3.63, 3.8) is 0 Å². The van der Waals surface area contributed by atoms with Crippen LogP contribution in [-0.2, 0) is 0 Å². The van der Waals surface area contributed by atoms with E-state index in [1.807, 2.05) is 18.2 Å². The van der Waals surface area contributed by atoms with Gasteiger partial charge in [0.25, 0.3) is 5.91 Å². The SMILES string of the molecule is CCOc1cc(F)ccc1NC(=O)c1sc(-c2ccccn2)nc1C. The van der Waals surface area contributed by atoms with E-state index >= 15 is 0 Å². The first-order chi connectivity index (χ1) is 12.1. The van der Waals surface area contributed by atoms with Crippen LogP contribution in [-0.4, -0.2) is 22.5 Å². The third-order valence-electron chi connectivity index (χ3n) is 3.38. The van der Waals surface area contributed by atoms with Gasteiger partial charge in [0, 0.05) is 12.3 Å². The molecule has 3 rings (SSSR count). The maximum atomic E-state index is 13.4. The van der Waals surface area contributed by atoms with Crippen molar-refractivity contribution in [2.24, 2.45) is 0 Å². The van der Waals surface area contributed by atoms with Gasteiger partial charge in [0.1, 0.15) is 21.5 Å². The lowest BCUT2D eigenvalue weighted by molar-refractivity contribution is 0.102. The first-order valence-electron chi connectivity index (χ1n) is 7.71. The van der Waals surface area contributed by atoms with Crippen molar-refractivity contribution in [3.8, 4) is 16.5 Å². The van der Waals surface area contributed by atoms with E-state index in [0.29, 0.717) is 39.3 Å². The molecule has 0 aliphatic heterocycles. The molecule has 7 heteroatoms. The van der Waals surface area contributed by atoms with Crippen molar-refractivity contribution in [1.82, 2.24) is 9.97 Å². The number of nitrogens with zero attached hydrogens (tertiary/aromatic N) is 2. The Morgan fingerprint density at radius 1 is 1.32 bits per heavy atom. The van der Waals surface area contributed by atoms with Crippen molar-refractivity contribution in [2.45, 2.75) is 13.8 Å². The topological polar surface area (TPSA) is 64.1 Å². The molecule has 0 aliphatic rings. The van der Waals surface area contributed by atoms with E-state index in [9.17, 15) is 9.18 Å². The summed E-state index contributed by atoms with van der Waals surface area (Å²) < 4.78 is 18.8. The average molecular weight is 357 g/mol. The zero-order chi connectivity index (χ0) is 17.8. The molecule has 0 saturated heterocycles. The molecule has 25 heavy (non-hydrogen) atoms. The summed E-state index contributed by atoms with van der Waals surface area (Å²) in [5, 5.41) is 3.44. The lowest BCUT2D eigenvalue weighted by Crippen LogP contribution is -2.12. The Hall–Kier alpha value is -2.80. The third kappa shape index (κ3) is 3.83. The van der Waals surface area contributed by atoms with Gasteiger partial charge >= 0.3 is 0 Å². The number of ether oxygens (including phenoxy) is 1. The highest BCUT2D eigenvalue weighted by molar-refractivity contribution is 7.17.